The Bertz CT molecular complexity index is 204. The Morgan fingerprint density at radius 3 is 2.43 bits per heavy atom. The number of esters is 1. The number of nitrogens with one attached hydrogen (secondary N) is 1. The smallest absolute Gasteiger partial charge is 0.323 e. The lowest BCUT2D eigenvalue weighted by Gasteiger charge is -2.23. The maximum Gasteiger partial charge on any atom is 0.323 e. The first-order chi connectivity index (χ1) is 6.44. The van der Waals surface area contributed by atoms with E-state index in [0.29, 0.717) is 5.92 Å². The number of methoxy groups -OCH3 is 1. The van der Waals surface area contributed by atoms with Crippen LogP contribution in [0, 0.1) is 11.3 Å². The maximum atomic E-state index is 11.4. The van der Waals surface area contributed by atoms with Gasteiger partial charge < -0.3 is 10.1 Å². The normalized spacial score (nSPS) is 19.1. The zero-order chi connectivity index (χ0) is 10.8. The summed E-state index contributed by atoms with van der Waals surface area (Å²) in [6, 6.07) is -0.0841. The van der Waals surface area contributed by atoms with Crippen LogP contribution in [0.15, 0.2) is 0 Å². The van der Waals surface area contributed by atoms with Crippen LogP contribution in [0.1, 0.15) is 33.6 Å². The van der Waals surface area contributed by atoms with Gasteiger partial charge in [0.25, 0.3) is 0 Å². The Kier molecular flexibility index (Phi) is 3.53. The van der Waals surface area contributed by atoms with Crippen molar-refractivity contribution in [2.45, 2.75) is 39.7 Å². The van der Waals surface area contributed by atoms with Gasteiger partial charge in [0.15, 0.2) is 0 Å². The van der Waals surface area contributed by atoms with Crippen LogP contribution in [0.3, 0.4) is 0 Å². The monoisotopic (exact) mass is 199 g/mol. The van der Waals surface area contributed by atoms with E-state index >= 15 is 0 Å². The maximum absolute atomic E-state index is 11.4. The van der Waals surface area contributed by atoms with E-state index in [9.17, 15) is 4.79 Å². The van der Waals surface area contributed by atoms with Crippen molar-refractivity contribution in [3.63, 3.8) is 0 Å². The number of rotatable bonds is 4. The molecule has 1 atom stereocenters. The van der Waals surface area contributed by atoms with Gasteiger partial charge in [-0.25, -0.2) is 0 Å². The average Bonchev–Trinajstić information content (AvgIpc) is 2.86. The molecule has 0 amide bonds. The molecule has 0 radical (unpaired) electrons. The summed E-state index contributed by atoms with van der Waals surface area (Å²) >= 11 is 0. The van der Waals surface area contributed by atoms with Gasteiger partial charge in [0.1, 0.15) is 6.04 Å². The molecule has 1 aliphatic carbocycles. The molecule has 1 saturated carbocycles. The topological polar surface area (TPSA) is 38.3 Å². The lowest BCUT2D eigenvalue weighted by atomic mass is 9.96. The van der Waals surface area contributed by atoms with Crippen LogP contribution in [-0.4, -0.2) is 25.7 Å². The van der Waals surface area contributed by atoms with Gasteiger partial charge in [-0.15, -0.1) is 0 Å². The van der Waals surface area contributed by atoms with Crippen molar-refractivity contribution in [3.05, 3.63) is 0 Å². The fourth-order valence-electron chi connectivity index (χ4n) is 1.42. The molecule has 0 heterocycles. The summed E-state index contributed by atoms with van der Waals surface area (Å²) in [6.07, 6.45) is 2.30. The number of carbonyl (C=O) groups excluding carboxylic acids is 1. The quantitative estimate of drug-likeness (QED) is 0.698. The molecule has 14 heavy (non-hydrogen) atoms. The molecule has 1 unspecified atom stereocenters. The first-order valence-electron chi connectivity index (χ1n) is 5.25. The van der Waals surface area contributed by atoms with E-state index in [-0.39, 0.29) is 17.4 Å². The summed E-state index contributed by atoms with van der Waals surface area (Å²) in [5, 5.41) is 3.30. The fraction of sp³-hybridized carbons (Fsp3) is 0.909. The summed E-state index contributed by atoms with van der Waals surface area (Å²) < 4.78 is 4.78. The van der Waals surface area contributed by atoms with Crippen LogP contribution in [0.2, 0.25) is 0 Å². The fourth-order valence-corrected chi connectivity index (χ4v) is 1.42. The predicted molar refractivity (Wildman–Crippen MR) is 56.0 cm³/mol. The average molecular weight is 199 g/mol. The highest BCUT2D eigenvalue weighted by molar-refractivity contribution is 5.76. The molecule has 0 aromatic heterocycles. The van der Waals surface area contributed by atoms with E-state index in [0.717, 1.165) is 19.4 Å². The third-order valence-electron chi connectivity index (χ3n) is 2.40. The summed E-state index contributed by atoms with van der Waals surface area (Å²) in [6.45, 7) is 7.31. The standard InChI is InChI=1S/C11H21NO2/c1-11(2,3)7-12-9(8-5-6-8)10(13)14-4/h8-9,12H,5-7H2,1-4H3. The van der Waals surface area contributed by atoms with Gasteiger partial charge in [-0.2, -0.15) is 0 Å². The van der Waals surface area contributed by atoms with E-state index < -0.39 is 0 Å². The molecule has 1 fully saturated rings. The zero-order valence-electron chi connectivity index (χ0n) is 9.59. The van der Waals surface area contributed by atoms with Crippen molar-refractivity contribution in [1.29, 1.82) is 0 Å². The highest BCUT2D eigenvalue weighted by Gasteiger charge is 2.37. The van der Waals surface area contributed by atoms with Gasteiger partial charge in [0.2, 0.25) is 0 Å². The molecule has 3 nitrogen and oxygen atoms in total. The molecule has 0 aliphatic heterocycles. The van der Waals surface area contributed by atoms with E-state index in [1.54, 1.807) is 0 Å². The van der Waals surface area contributed by atoms with E-state index in [1.165, 1.54) is 7.11 Å². The Morgan fingerprint density at radius 1 is 1.50 bits per heavy atom. The lowest BCUT2D eigenvalue weighted by Crippen LogP contribution is -2.43. The summed E-state index contributed by atoms with van der Waals surface area (Å²) in [5.74, 6) is 0.390. The van der Waals surface area contributed by atoms with Crippen LogP contribution in [0.5, 0.6) is 0 Å². The second kappa shape index (κ2) is 4.30. The Balaban J connectivity index is 2.40. The molecule has 1 N–H and O–H groups in total. The summed E-state index contributed by atoms with van der Waals surface area (Å²) in [4.78, 5) is 11.4. The SMILES string of the molecule is COC(=O)C(NCC(C)(C)C)C1CC1. The largest absolute Gasteiger partial charge is 0.468 e. The zero-order valence-corrected chi connectivity index (χ0v) is 9.59. The van der Waals surface area contributed by atoms with Crippen LogP contribution in [0.25, 0.3) is 0 Å². The molecule has 1 aliphatic rings. The summed E-state index contributed by atoms with van der Waals surface area (Å²) in [5.41, 5.74) is 0.209. The highest BCUT2D eigenvalue weighted by Crippen LogP contribution is 2.33. The number of carbonyl (C=O) groups is 1. The minimum absolute atomic E-state index is 0.0841. The molecule has 0 aromatic carbocycles. The van der Waals surface area contributed by atoms with Crippen LogP contribution in [0.4, 0.5) is 0 Å². The van der Waals surface area contributed by atoms with Gasteiger partial charge in [0.05, 0.1) is 7.11 Å². The van der Waals surface area contributed by atoms with Crippen LogP contribution in [-0.2, 0) is 9.53 Å². The minimum Gasteiger partial charge on any atom is -0.468 e. The number of ether oxygens (including phenoxy) is 1. The first-order valence-corrected chi connectivity index (χ1v) is 5.25. The molecule has 3 heteroatoms. The molecule has 0 bridgehead atoms. The minimum atomic E-state index is -0.114. The van der Waals surface area contributed by atoms with Gasteiger partial charge in [-0.3, -0.25) is 4.79 Å². The second-order valence-corrected chi connectivity index (χ2v) is 5.28. The molecular formula is C11H21NO2. The molecule has 0 saturated heterocycles. The lowest BCUT2D eigenvalue weighted by molar-refractivity contribution is -0.143. The molecule has 0 spiro atoms. The van der Waals surface area contributed by atoms with Gasteiger partial charge in [-0.05, 0) is 24.2 Å². The Labute approximate surface area is 86.2 Å². The van der Waals surface area contributed by atoms with Gasteiger partial charge in [-0.1, -0.05) is 20.8 Å². The Morgan fingerprint density at radius 2 is 2.07 bits per heavy atom. The molecule has 82 valence electrons. The molecule has 0 aromatic rings. The van der Waals surface area contributed by atoms with Crippen LogP contribution < -0.4 is 5.32 Å². The highest BCUT2D eigenvalue weighted by atomic mass is 16.5. The number of hydrogen-bond acceptors (Lipinski definition) is 3. The van der Waals surface area contributed by atoms with Crippen molar-refractivity contribution in [3.8, 4) is 0 Å². The van der Waals surface area contributed by atoms with Crippen molar-refractivity contribution >= 4 is 5.97 Å². The number of hydrogen-bond donors (Lipinski definition) is 1. The molecule has 1 rings (SSSR count). The van der Waals surface area contributed by atoms with Crippen LogP contribution >= 0.6 is 0 Å². The van der Waals surface area contributed by atoms with Crippen molar-refractivity contribution in [1.82, 2.24) is 5.32 Å². The predicted octanol–water partition coefficient (Wildman–Crippen LogP) is 1.57. The molecular weight excluding hydrogens is 178 g/mol. The third-order valence-corrected chi connectivity index (χ3v) is 2.40. The van der Waals surface area contributed by atoms with E-state index in [4.69, 9.17) is 4.74 Å². The third kappa shape index (κ3) is 3.66. The summed E-state index contributed by atoms with van der Waals surface area (Å²) in [7, 11) is 1.45. The van der Waals surface area contributed by atoms with Crippen molar-refractivity contribution in [2.75, 3.05) is 13.7 Å². The second-order valence-electron chi connectivity index (χ2n) is 5.28. The van der Waals surface area contributed by atoms with Gasteiger partial charge in [0, 0.05) is 6.54 Å². The Hall–Kier alpha value is -0.570. The first kappa shape index (κ1) is 11.5. The van der Waals surface area contributed by atoms with E-state index in [2.05, 4.69) is 26.1 Å². The van der Waals surface area contributed by atoms with Crippen molar-refractivity contribution in [2.24, 2.45) is 11.3 Å². The van der Waals surface area contributed by atoms with Crippen molar-refractivity contribution < 1.29 is 9.53 Å². The van der Waals surface area contributed by atoms with E-state index in [1.807, 2.05) is 0 Å². The van der Waals surface area contributed by atoms with Gasteiger partial charge >= 0.3 is 5.97 Å².